The van der Waals surface area contributed by atoms with Crippen LogP contribution in [-0.2, 0) is 6.54 Å². The van der Waals surface area contributed by atoms with Crippen molar-refractivity contribution >= 4 is 11.8 Å². The average molecular weight is 462 g/mol. The molecule has 1 fully saturated rings. The van der Waals surface area contributed by atoms with Crippen molar-refractivity contribution in [3.8, 4) is 0 Å². The van der Waals surface area contributed by atoms with E-state index in [4.69, 9.17) is 4.42 Å². The maximum atomic E-state index is 13.5. The summed E-state index contributed by atoms with van der Waals surface area (Å²) in [5, 5.41) is 2.80. The van der Waals surface area contributed by atoms with Crippen LogP contribution in [0.4, 0.5) is 0 Å². The van der Waals surface area contributed by atoms with Gasteiger partial charge in [0.15, 0.2) is 0 Å². The SMILES string of the molecule is CCCCNC(=O)c1cn(Cc2ccco2)cc(C(=O)N2CCCC(c3ccccc3)C2)c1=O. The van der Waals surface area contributed by atoms with Gasteiger partial charge < -0.3 is 19.2 Å². The molecule has 7 nitrogen and oxygen atoms in total. The molecule has 0 radical (unpaired) electrons. The third kappa shape index (κ3) is 5.47. The number of likely N-dealkylation sites (tertiary alicyclic amines) is 1. The van der Waals surface area contributed by atoms with Gasteiger partial charge in [0.1, 0.15) is 16.9 Å². The number of carbonyl (C=O) groups excluding carboxylic acids is 2. The van der Waals surface area contributed by atoms with Crippen molar-refractivity contribution in [2.45, 2.75) is 45.1 Å². The van der Waals surface area contributed by atoms with E-state index >= 15 is 0 Å². The van der Waals surface area contributed by atoms with E-state index in [0.29, 0.717) is 31.9 Å². The van der Waals surface area contributed by atoms with Crippen LogP contribution >= 0.6 is 0 Å². The number of amides is 2. The van der Waals surface area contributed by atoms with Gasteiger partial charge in [0, 0.05) is 37.9 Å². The van der Waals surface area contributed by atoms with Gasteiger partial charge >= 0.3 is 0 Å². The Morgan fingerprint density at radius 2 is 1.88 bits per heavy atom. The van der Waals surface area contributed by atoms with Gasteiger partial charge in [-0.3, -0.25) is 14.4 Å². The number of nitrogens with zero attached hydrogens (tertiary/aromatic N) is 2. The number of carbonyl (C=O) groups is 2. The van der Waals surface area contributed by atoms with E-state index in [9.17, 15) is 14.4 Å². The lowest BCUT2D eigenvalue weighted by atomic mass is 9.90. The Morgan fingerprint density at radius 3 is 2.62 bits per heavy atom. The fourth-order valence-electron chi connectivity index (χ4n) is 4.42. The molecule has 4 rings (SSSR count). The zero-order chi connectivity index (χ0) is 23.9. The second-order valence-corrected chi connectivity index (χ2v) is 8.78. The summed E-state index contributed by atoms with van der Waals surface area (Å²) >= 11 is 0. The summed E-state index contributed by atoms with van der Waals surface area (Å²) in [4.78, 5) is 41.4. The minimum Gasteiger partial charge on any atom is -0.467 e. The zero-order valence-corrected chi connectivity index (χ0v) is 19.5. The van der Waals surface area contributed by atoms with E-state index in [1.54, 1.807) is 28.0 Å². The summed E-state index contributed by atoms with van der Waals surface area (Å²) in [6, 6.07) is 13.7. The van der Waals surface area contributed by atoms with Crippen molar-refractivity contribution in [1.29, 1.82) is 0 Å². The monoisotopic (exact) mass is 461 g/mol. The highest BCUT2D eigenvalue weighted by Crippen LogP contribution is 2.27. The Balaban J connectivity index is 1.63. The molecule has 0 saturated carbocycles. The molecule has 34 heavy (non-hydrogen) atoms. The second-order valence-electron chi connectivity index (χ2n) is 8.78. The standard InChI is InChI=1S/C27H31N3O4/c1-2-3-13-28-26(32)23-18-29(17-22-12-8-15-34-22)19-24(25(23)31)27(33)30-14-7-11-21(16-30)20-9-5-4-6-10-20/h4-6,8-10,12,15,18-19,21H,2-3,7,11,13-14,16-17H2,1H3,(H,28,32). The van der Waals surface area contributed by atoms with Crippen LogP contribution < -0.4 is 10.7 Å². The number of benzene rings is 1. The Morgan fingerprint density at radius 1 is 1.09 bits per heavy atom. The van der Waals surface area contributed by atoms with Gasteiger partial charge in [0.2, 0.25) is 5.43 Å². The molecule has 1 aromatic carbocycles. The highest BCUT2D eigenvalue weighted by atomic mass is 16.3. The number of hydrogen-bond acceptors (Lipinski definition) is 4. The lowest BCUT2D eigenvalue weighted by Crippen LogP contribution is -2.42. The Hall–Kier alpha value is -3.61. The van der Waals surface area contributed by atoms with Crippen LogP contribution in [0, 0.1) is 0 Å². The van der Waals surface area contributed by atoms with Crippen LogP contribution in [0.15, 0.2) is 70.3 Å². The maximum Gasteiger partial charge on any atom is 0.259 e. The third-order valence-corrected chi connectivity index (χ3v) is 6.27. The van der Waals surface area contributed by atoms with Crippen LogP contribution in [0.1, 0.15) is 70.6 Å². The molecule has 1 unspecified atom stereocenters. The van der Waals surface area contributed by atoms with Gasteiger partial charge in [0.05, 0.1) is 12.8 Å². The predicted octanol–water partition coefficient (Wildman–Crippen LogP) is 4.04. The summed E-state index contributed by atoms with van der Waals surface area (Å²) in [6.45, 7) is 3.97. The summed E-state index contributed by atoms with van der Waals surface area (Å²) < 4.78 is 7.11. The molecule has 1 aliphatic rings. The smallest absolute Gasteiger partial charge is 0.259 e. The van der Waals surface area contributed by atoms with Crippen LogP contribution in [-0.4, -0.2) is 40.9 Å². The average Bonchev–Trinajstić information content (AvgIpc) is 3.38. The molecule has 1 atom stereocenters. The van der Waals surface area contributed by atoms with Gasteiger partial charge in [0.25, 0.3) is 11.8 Å². The van der Waals surface area contributed by atoms with Crippen molar-refractivity contribution in [3.63, 3.8) is 0 Å². The first-order valence-electron chi connectivity index (χ1n) is 12.0. The van der Waals surface area contributed by atoms with E-state index in [0.717, 1.165) is 25.7 Å². The van der Waals surface area contributed by atoms with Gasteiger partial charge in [-0.15, -0.1) is 0 Å². The topological polar surface area (TPSA) is 84.6 Å². The van der Waals surface area contributed by atoms with Crippen molar-refractivity contribution in [2.75, 3.05) is 19.6 Å². The second kappa shape index (κ2) is 11.0. The molecule has 3 aromatic rings. The maximum absolute atomic E-state index is 13.5. The number of rotatable bonds is 8. The van der Waals surface area contributed by atoms with Crippen LogP contribution in [0.5, 0.6) is 0 Å². The first-order chi connectivity index (χ1) is 16.6. The largest absolute Gasteiger partial charge is 0.467 e. The summed E-state index contributed by atoms with van der Waals surface area (Å²) in [5.74, 6) is 0.107. The molecule has 3 heterocycles. The number of nitrogens with one attached hydrogen (secondary N) is 1. The lowest BCUT2D eigenvalue weighted by molar-refractivity contribution is 0.0704. The minimum absolute atomic E-state index is 0.0170. The summed E-state index contributed by atoms with van der Waals surface area (Å²) in [7, 11) is 0. The number of aromatic nitrogens is 1. The first-order valence-corrected chi connectivity index (χ1v) is 12.0. The number of pyridine rings is 1. The molecule has 1 N–H and O–H groups in total. The van der Waals surface area contributed by atoms with Crippen molar-refractivity contribution in [2.24, 2.45) is 0 Å². The molecule has 2 aromatic heterocycles. The van der Waals surface area contributed by atoms with Crippen molar-refractivity contribution in [3.05, 3.63) is 93.8 Å². The highest BCUT2D eigenvalue weighted by molar-refractivity contribution is 5.99. The fraction of sp³-hybridized carbons (Fsp3) is 0.370. The predicted molar refractivity (Wildman–Crippen MR) is 130 cm³/mol. The van der Waals surface area contributed by atoms with Gasteiger partial charge in [-0.1, -0.05) is 43.7 Å². The van der Waals surface area contributed by atoms with Crippen molar-refractivity contribution in [1.82, 2.24) is 14.8 Å². The number of piperidine rings is 1. The highest BCUT2D eigenvalue weighted by Gasteiger charge is 2.28. The number of unbranched alkanes of at least 4 members (excludes halogenated alkanes) is 1. The Kier molecular flexibility index (Phi) is 7.62. The fourth-order valence-corrected chi connectivity index (χ4v) is 4.42. The number of hydrogen-bond donors (Lipinski definition) is 1. The molecule has 0 spiro atoms. The Labute approximate surface area is 199 Å². The van der Waals surface area contributed by atoms with Gasteiger partial charge in [-0.05, 0) is 37.0 Å². The summed E-state index contributed by atoms with van der Waals surface area (Å²) in [5.41, 5.74) is 0.657. The molecule has 1 saturated heterocycles. The quantitative estimate of drug-likeness (QED) is 0.513. The minimum atomic E-state index is -0.531. The van der Waals surface area contributed by atoms with E-state index in [2.05, 4.69) is 17.4 Å². The van der Waals surface area contributed by atoms with E-state index in [1.165, 1.54) is 11.8 Å². The van der Waals surface area contributed by atoms with Gasteiger partial charge in [-0.25, -0.2) is 0 Å². The summed E-state index contributed by atoms with van der Waals surface area (Å²) in [6.07, 6.45) is 8.23. The van der Waals surface area contributed by atoms with E-state index in [-0.39, 0.29) is 23.0 Å². The molecule has 0 aliphatic carbocycles. The molecule has 7 heteroatoms. The Bertz CT molecular complexity index is 1170. The normalized spacial score (nSPS) is 15.8. The molecule has 178 valence electrons. The van der Waals surface area contributed by atoms with E-state index < -0.39 is 11.3 Å². The molecular formula is C27H31N3O4. The van der Waals surface area contributed by atoms with Crippen LogP contribution in [0.2, 0.25) is 0 Å². The first kappa shape index (κ1) is 23.5. The van der Waals surface area contributed by atoms with Crippen LogP contribution in [0.25, 0.3) is 0 Å². The van der Waals surface area contributed by atoms with Crippen LogP contribution in [0.3, 0.4) is 0 Å². The van der Waals surface area contributed by atoms with Crippen molar-refractivity contribution < 1.29 is 14.0 Å². The molecule has 2 amide bonds. The zero-order valence-electron chi connectivity index (χ0n) is 19.5. The molecular weight excluding hydrogens is 430 g/mol. The molecule has 1 aliphatic heterocycles. The van der Waals surface area contributed by atoms with Gasteiger partial charge in [-0.2, -0.15) is 0 Å². The molecule has 0 bridgehead atoms. The lowest BCUT2D eigenvalue weighted by Gasteiger charge is -2.33. The van der Waals surface area contributed by atoms with E-state index in [1.807, 2.05) is 31.2 Å². The number of furan rings is 1. The third-order valence-electron chi connectivity index (χ3n) is 6.27.